The van der Waals surface area contributed by atoms with Crippen LogP contribution < -0.4 is 10.2 Å². The van der Waals surface area contributed by atoms with Crippen molar-refractivity contribution in [2.75, 3.05) is 24.5 Å². The smallest absolute Gasteiger partial charge is 0.139 e. The fraction of sp³-hybridized carbons (Fsp3) is 0.600. The molecule has 1 saturated heterocycles. The van der Waals surface area contributed by atoms with Crippen LogP contribution in [0.5, 0.6) is 0 Å². The van der Waals surface area contributed by atoms with Gasteiger partial charge in [0.15, 0.2) is 0 Å². The van der Waals surface area contributed by atoms with Crippen molar-refractivity contribution >= 4 is 21.6 Å². The molecule has 1 aliphatic heterocycles. The zero-order valence-electron chi connectivity index (χ0n) is 11.3. The van der Waals surface area contributed by atoms with Gasteiger partial charge in [0.05, 0.1) is 4.47 Å². The Labute approximate surface area is 122 Å². The SMILES string of the molecule is Cc1cc(Br)c(F)cc1N1CCC(CNC2CC2)C1. The summed E-state index contributed by atoms with van der Waals surface area (Å²) in [4.78, 5) is 2.32. The Hall–Kier alpha value is -0.610. The van der Waals surface area contributed by atoms with Crippen molar-refractivity contribution in [3.8, 4) is 0 Å². The lowest BCUT2D eigenvalue weighted by atomic mass is 10.1. The standard InChI is InChI=1S/C15H20BrFN2/c1-10-6-13(16)14(17)7-15(10)19-5-4-11(9-19)8-18-12-2-3-12/h6-7,11-12,18H,2-5,8-9H2,1H3. The summed E-state index contributed by atoms with van der Waals surface area (Å²) in [6, 6.07) is 4.32. The van der Waals surface area contributed by atoms with Crippen molar-refractivity contribution in [1.82, 2.24) is 5.32 Å². The van der Waals surface area contributed by atoms with Gasteiger partial charge in [0.2, 0.25) is 0 Å². The molecule has 1 aliphatic carbocycles. The van der Waals surface area contributed by atoms with Gasteiger partial charge < -0.3 is 10.2 Å². The lowest BCUT2D eigenvalue weighted by Crippen LogP contribution is -2.27. The molecule has 19 heavy (non-hydrogen) atoms. The first-order valence-electron chi connectivity index (χ1n) is 7.07. The molecule has 104 valence electrons. The first-order valence-corrected chi connectivity index (χ1v) is 7.87. The monoisotopic (exact) mass is 326 g/mol. The quantitative estimate of drug-likeness (QED) is 0.911. The number of hydrogen-bond acceptors (Lipinski definition) is 2. The van der Waals surface area contributed by atoms with Crippen LogP contribution in [0.25, 0.3) is 0 Å². The van der Waals surface area contributed by atoms with Gasteiger partial charge in [-0.1, -0.05) is 0 Å². The van der Waals surface area contributed by atoms with Gasteiger partial charge in [0.25, 0.3) is 0 Å². The molecule has 1 saturated carbocycles. The first-order chi connectivity index (χ1) is 9.13. The first kappa shape index (κ1) is 13.4. The molecule has 1 N–H and O–H groups in total. The molecule has 1 aromatic carbocycles. The molecule has 2 aliphatic rings. The maximum absolute atomic E-state index is 13.7. The van der Waals surface area contributed by atoms with Gasteiger partial charge in [-0.2, -0.15) is 0 Å². The van der Waals surface area contributed by atoms with Gasteiger partial charge in [0.1, 0.15) is 5.82 Å². The Balaban J connectivity index is 1.64. The fourth-order valence-corrected chi connectivity index (χ4v) is 3.27. The molecule has 3 rings (SSSR count). The topological polar surface area (TPSA) is 15.3 Å². The lowest BCUT2D eigenvalue weighted by molar-refractivity contribution is 0.515. The summed E-state index contributed by atoms with van der Waals surface area (Å²) in [5.41, 5.74) is 2.19. The molecule has 2 nitrogen and oxygen atoms in total. The highest BCUT2D eigenvalue weighted by Gasteiger charge is 2.27. The van der Waals surface area contributed by atoms with Crippen molar-refractivity contribution in [1.29, 1.82) is 0 Å². The number of rotatable bonds is 4. The summed E-state index contributed by atoms with van der Waals surface area (Å²) >= 11 is 3.24. The average Bonchev–Trinajstić information content (AvgIpc) is 3.09. The van der Waals surface area contributed by atoms with Gasteiger partial charge in [-0.25, -0.2) is 4.39 Å². The van der Waals surface area contributed by atoms with E-state index in [2.05, 4.69) is 33.1 Å². The third-order valence-corrected chi connectivity index (χ3v) is 4.75. The van der Waals surface area contributed by atoms with Crippen LogP contribution in [0, 0.1) is 18.7 Å². The zero-order valence-corrected chi connectivity index (χ0v) is 12.8. The molecule has 0 bridgehead atoms. The molecule has 1 atom stereocenters. The van der Waals surface area contributed by atoms with Crippen LogP contribution in [0.3, 0.4) is 0 Å². The van der Waals surface area contributed by atoms with Crippen LogP contribution in [0.15, 0.2) is 16.6 Å². The third kappa shape index (κ3) is 3.11. The summed E-state index contributed by atoms with van der Waals surface area (Å²) < 4.78 is 14.2. The molecule has 0 amide bonds. The summed E-state index contributed by atoms with van der Waals surface area (Å²) in [5, 5.41) is 3.60. The normalized spacial score (nSPS) is 23.1. The number of nitrogens with zero attached hydrogens (tertiary/aromatic N) is 1. The maximum atomic E-state index is 13.7. The van der Waals surface area contributed by atoms with E-state index in [1.807, 2.05) is 6.07 Å². The second kappa shape index (κ2) is 5.41. The number of halogens is 2. The maximum Gasteiger partial charge on any atom is 0.139 e. The van der Waals surface area contributed by atoms with Crippen LogP contribution in [-0.2, 0) is 0 Å². The summed E-state index contributed by atoms with van der Waals surface area (Å²) in [7, 11) is 0. The number of benzene rings is 1. The molecule has 1 heterocycles. The van der Waals surface area contributed by atoms with Crippen molar-refractivity contribution < 1.29 is 4.39 Å². The number of hydrogen-bond donors (Lipinski definition) is 1. The van der Waals surface area contributed by atoms with E-state index in [-0.39, 0.29) is 5.82 Å². The highest BCUT2D eigenvalue weighted by molar-refractivity contribution is 9.10. The van der Waals surface area contributed by atoms with Crippen LogP contribution in [0.1, 0.15) is 24.8 Å². The molecule has 1 unspecified atom stereocenters. The van der Waals surface area contributed by atoms with Crippen molar-refractivity contribution in [2.24, 2.45) is 5.92 Å². The summed E-state index contributed by atoms with van der Waals surface area (Å²) in [6.45, 7) is 5.25. The highest BCUT2D eigenvalue weighted by Crippen LogP contribution is 2.31. The molecule has 4 heteroatoms. The Morgan fingerprint density at radius 1 is 1.37 bits per heavy atom. The lowest BCUT2D eigenvalue weighted by Gasteiger charge is -2.21. The van der Waals surface area contributed by atoms with E-state index in [1.165, 1.54) is 19.3 Å². The van der Waals surface area contributed by atoms with Crippen LogP contribution in [-0.4, -0.2) is 25.7 Å². The fourth-order valence-electron chi connectivity index (χ4n) is 2.82. The predicted molar refractivity (Wildman–Crippen MR) is 80.2 cm³/mol. The van der Waals surface area contributed by atoms with Gasteiger partial charge in [0, 0.05) is 24.8 Å². The number of aryl methyl sites for hydroxylation is 1. The molecule has 0 aromatic heterocycles. The Bertz CT molecular complexity index is 473. The predicted octanol–water partition coefficient (Wildman–Crippen LogP) is 3.47. The minimum atomic E-state index is -0.167. The number of nitrogens with one attached hydrogen (secondary N) is 1. The average molecular weight is 327 g/mol. The largest absolute Gasteiger partial charge is 0.371 e. The second-order valence-corrected chi connectivity index (χ2v) is 6.69. The minimum Gasteiger partial charge on any atom is -0.371 e. The molecule has 0 radical (unpaired) electrons. The molecule has 2 fully saturated rings. The van der Waals surface area contributed by atoms with Crippen LogP contribution in [0.4, 0.5) is 10.1 Å². The Kier molecular flexibility index (Phi) is 3.81. The summed E-state index contributed by atoms with van der Waals surface area (Å²) in [5.74, 6) is 0.534. The molecular formula is C15H20BrFN2. The molecule has 0 spiro atoms. The van der Waals surface area contributed by atoms with Crippen molar-refractivity contribution in [3.63, 3.8) is 0 Å². The van der Waals surface area contributed by atoms with Crippen molar-refractivity contribution in [3.05, 3.63) is 28.0 Å². The highest BCUT2D eigenvalue weighted by atomic mass is 79.9. The van der Waals surface area contributed by atoms with E-state index in [1.54, 1.807) is 6.07 Å². The molecular weight excluding hydrogens is 307 g/mol. The van der Waals surface area contributed by atoms with E-state index in [0.29, 0.717) is 10.4 Å². The van der Waals surface area contributed by atoms with E-state index in [4.69, 9.17) is 0 Å². The minimum absolute atomic E-state index is 0.167. The second-order valence-electron chi connectivity index (χ2n) is 5.84. The van der Waals surface area contributed by atoms with Gasteiger partial charge >= 0.3 is 0 Å². The molecule has 1 aromatic rings. The number of anilines is 1. The zero-order chi connectivity index (χ0) is 13.4. The summed E-state index contributed by atoms with van der Waals surface area (Å²) in [6.07, 6.45) is 3.89. The van der Waals surface area contributed by atoms with E-state index in [9.17, 15) is 4.39 Å². The van der Waals surface area contributed by atoms with Gasteiger partial charge in [-0.15, -0.1) is 0 Å². The Morgan fingerprint density at radius 3 is 2.89 bits per heavy atom. The van der Waals surface area contributed by atoms with Crippen molar-refractivity contribution in [2.45, 2.75) is 32.2 Å². The van der Waals surface area contributed by atoms with E-state index in [0.717, 1.165) is 36.9 Å². The van der Waals surface area contributed by atoms with Gasteiger partial charge in [-0.3, -0.25) is 0 Å². The third-order valence-electron chi connectivity index (χ3n) is 4.14. The van der Waals surface area contributed by atoms with E-state index >= 15 is 0 Å². The van der Waals surface area contributed by atoms with Gasteiger partial charge in [-0.05, 0) is 72.3 Å². The van der Waals surface area contributed by atoms with Crippen LogP contribution >= 0.6 is 15.9 Å². The van der Waals surface area contributed by atoms with Crippen LogP contribution in [0.2, 0.25) is 0 Å². The Morgan fingerprint density at radius 2 is 2.16 bits per heavy atom. The van der Waals surface area contributed by atoms with E-state index < -0.39 is 0 Å².